The Morgan fingerprint density at radius 3 is 2.54 bits per heavy atom. The Hall–Kier alpha value is -3.08. The Labute approximate surface area is 140 Å². The lowest BCUT2D eigenvalue weighted by atomic mass is 10.1. The molecule has 1 saturated heterocycles. The lowest BCUT2D eigenvalue weighted by Gasteiger charge is -2.12. The second-order valence-electron chi connectivity index (χ2n) is 5.64. The van der Waals surface area contributed by atoms with E-state index in [0.29, 0.717) is 0 Å². The smallest absolute Gasteiger partial charge is 0.329 e. The average molecular weight is 322 g/mol. The fourth-order valence-electron chi connectivity index (χ4n) is 2.58. The third-order valence-corrected chi connectivity index (χ3v) is 3.81. The van der Waals surface area contributed by atoms with Gasteiger partial charge in [-0.3, -0.25) is 9.69 Å². The Kier molecular flexibility index (Phi) is 4.33. The molecule has 1 aliphatic heterocycles. The first-order valence-corrected chi connectivity index (χ1v) is 7.61. The number of hydrogen-bond donors (Lipinski definition) is 1. The molecule has 1 N–H and O–H groups in total. The quantitative estimate of drug-likeness (QED) is 0.695. The Morgan fingerprint density at radius 1 is 1.12 bits per heavy atom. The van der Waals surface area contributed by atoms with Crippen LogP contribution in [-0.2, 0) is 11.3 Å². The molecule has 5 heteroatoms. The van der Waals surface area contributed by atoms with E-state index in [1.165, 1.54) is 4.90 Å². The van der Waals surface area contributed by atoms with Crippen molar-refractivity contribution in [1.29, 1.82) is 0 Å². The molecule has 1 aliphatic rings. The SMILES string of the molecule is COc1ccc(/C=C2/NC(=O)N(Cc3cccc(C)c3)C2=O)cc1. The predicted molar refractivity (Wildman–Crippen MR) is 91.2 cm³/mol. The summed E-state index contributed by atoms with van der Waals surface area (Å²) in [7, 11) is 1.59. The highest BCUT2D eigenvalue weighted by Gasteiger charge is 2.33. The molecule has 0 saturated carbocycles. The topological polar surface area (TPSA) is 58.6 Å². The molecule has 0 aromatic heterocycles. The number of carbonyl (C=O) groups excluding carboxylic acids is 2. The van der Waals surface area contributed by atoms with Crippen molar-refractivity contribution in [2.45, 2.75) is 13.5 Å². The molecule has 1 heterocycles. The molecule has 0 unspecified atom stereocenters. The second-order valence-corrected chi connectivity index (χ2v) is 5.64. The molecule has 2 aromatic rings. The summed E-state index contributed by atoms with van der Waals surface area (Å²) in [6, 6.07) is 14.6. The summed E-state index contributed by atoms with van der Waals surface area (Å²) in [6.45, 7) is 2.23. The zero-order chi connectivity index (χ0) is 17.1. The number of nitrogens with zero attached hydrogens (tertiary/aromatic N) is 1. The van der Waals surface area contributed by atoms with E-state index >= 15 is 0 Å². The van der Waals surface area contributed by atoms with Gasteiger partial charge in [0.15, 0.2) is 0 Å². The second kappa shape index (κ2) is 6.58. The number of nitrogens with one attached hydrogen (secondary N) is 1. The van der Waals surface area contributed by atoms with E-state index in [9.17, 15) is 9.59 Å². The fraction of sp³-hybridized carbons (Fsp3) is 0.158. The van der Waals surface area contributed by atoms with Crippen LogP contribution in [0.15, 0.2) is 54.2 Å². The number of methoxy groups -OCH3 is 1. The summed E-state index contributed by atoms with van der Waals surface area (Å²) < 4.78 is 5.10. The summed E-state index contributed by atoms with van der Waals surface area (Å²) in [4.78, 5) is 25.8. The zero-order valence-electron chi connectivity index (χ0n) is 13.6. The standard InChI is InChI=1S/C19H18N2O3/c1-13-4-3-5-15(10-13)12-21-18(22)17(20-19(21)23)11-14-6-8-16(24-2)9-7-14/h3-11H,12H2,1-2H3,(H,20,23)/b17-11+. The highest BCUT2D eigenvalue weighted by molar-refractivity contribution is 6.13. The Bertz CT molecular complexity index is 810. The number of aryl methyl sites for hydroxylation is 1. The first-order valence-electron chi connectivity index (χ1n) is 7.61. The number of imide groups is 1. The van der Waals surface area contributed by atoms with E-state index in [-0.39, 0.29) is 18.1 Å². The van der Waals surface area contributed by atoms with Gasteiger partial charge in [-0.1, -0.05) is 42.0 Å². The molecule has 0 spiro atoms. The molecule has 3 amide bonds. The van der Waals surface area contributed by atoms with Crippen LogP contribution in [0.2, 0.25) is 0 Å². The monoisotopic (exact) mass is 322 g/mol. The minimum absolute atomic E-state index is 0.256. The van der Waals surface area contributed by atoms with Gasteiger partial charge in [-0.25, -0.2) is 4.79 Å². The van der Waals surface area contributed by atoms with Crippen LogP contribution in [-0.4, -0.2) is 23.9 Å². The third-order valence-electron chi connectivity index (χ3n) is 3.81. The van der Waals surface area contributed by atoms with Gasteiger partial charge in [-0.2, -0.15) is 0 Å². The Balaban J connectivity index is 1.79. The van der Waals surface area contributed by atoms with Gasteiger partial charge in [0, 0.05) is 0 Å². The van der Waals surface area contributed by atoms with E-state index in [1.54, 1.807) is 25.3 Å². The molecule has 3 rings (SSSR count). The van der Waals surface area contributed by atoms with Crippen molar-refractivity contribution < 1.29 is 14.3 Å². The maximum atomic E-state index is 12.5. The molecule has 5 nitrogen and oxygen atoms in total. The van der Waals surface area contributed by atoms with E-state index in [0.717, 1.165) is 22.4 Å². The van der Waals surface area contributed by atoms with Crippen LogP contribution in [0.4, 0.5) is 4.79 Å². The van der Waals surface area contributed by atoms with Crippen LogP contribution in [0.1, 0.15) is 16.7 Å². The van der Waals surface area contributed by atoms with Crippen molar-refractivity contribution in [3.05, 3.63) is 70.9 Å². The summed E-state index contributed by atoms with van der Waals surface area (Å²) in [5.41, 5.74) is 3.10. The fourth-order valence-corrected chi connectivity index (χ4v) is 2.58. The molecule has 24 heavy (non-hydrogen) atoms. The molecule has 1 fully saturated rings. The van der Waals surface area contributed by atoms with Gasteiger partial charge in [-0.05, 0) is 36.3 Å². The van der Waals surface area contributed by atoms with Gasteiger partial charge in [0.25, 0.3) is 5.91 Å². The molecule has 0 bridgehead atoms. The first kappa shape index (κ1) is 15.8. The number of amides is 3. The number of carbonyl (C=O) groups is 2. The van der Waals surface area contributed by atoms with E-state index in [2.05, 4.69) is 5.32 Å². The van der Waals surface area contributed by atoms with Gasteiger partial charge in [0.05, 0.1) is 13.7 Å². The number of benzene rings is 2. The minimum Gasteiger partial charge on any atom is -0.497 e. The number of ether oxygens (including phenoxy) is 1. The van der Waals surface area contributed by atoms with Gasteiger partial charge in [0.2, 0.25) is 0 Å². The van der Waals surface area contributed by atoms with Crippen LogP contribution in [0.3, 0.4) is 0 Å². The van der Waals surface area contributed by atoms with Crippen molar-refractivity contribution in [3.8, 4) is 5.75 Å². The number of hydrogen-bond acceptors (Lipinski definition) is 3. The summed E-state index contributed by atoms with van der Waals surface area (Å²) in [5.74, 6) is 0.414. The zero-order valence-corrected chi connectivity index (χ0v) is 13.6. The molecule has 2 aromatic carbocycles. The molecular formula is C19H18N2O3. The summed E-state index contributed by atoms with van der Waals surface area (Å²) in [5, 5.41) is 2.63. The summed E-state index contributed by atoms with van der Waals surface area (Å²) in [6.07, 6.45) is 1.66. The number of rotatable bonds is 4. The van der Waals surface area contributed by atoms with Crippen LogP contribution in [0, 0.1) is 6.92 Å². The molecule has 0 aliphatic carbocycles. The third kappa shape index (κ3) is 3.30. The largest absolute Gasteiger partial charge is 0.497 e. The predicted octanol–water partition coefficient (Wildman–Crippen LogP) is 3.10. The van der Waals surface area contributed by atoms with Crippen molar-refractivity contribution in [3.63, 3.8) is 0 Å². The van der Waals surface area contributed by atoms with E-state index in [1.807, 2.05) is 43.3 Å². The van der Waals surface area contributed by atoms with Crippen LogP contribution in [0.5, 0.6) is 5.75 Å². The van der Waals surface area contributed by atoms with Crippen molar-refractivity contribution >= 4 is 18.0 Å². The lowest BCUT2D eigenvalue weighted by Crippen LogP contribution is -2.30. The highest BCUT2D eigenvalue weighted by atomic mass is 16.5. The van der Waals surface area contributed by atoms with E-state index < -0.39 is 6.03 Å². The normalized spacial score (nSPS) is 15.8. The van der Waals surface area contributed by atoms with Crippen molar-refractivity contribution in [1.82, 2.24) is 10.2 Å². The summed E-state index contributed by atoms with van der Waals surface area (Å²) >= 11 is 0. The van der Waals surface area contributed by atoms with Gasteiger partial charge in [0.1, 0.15) is 11.4 Å². The average Bonchev–Trinajstić information content (AvgIpc) is 2.83. The highest BCUT2D eigenvalue weighted by Crippen LogP contribution is 2.19. The van der Waals surface area contributed by atoms with Crippen LogP contribution < -0.4 is 10.1 Å². The lowest BCUT2D eigenvalue weighted by molar-refractivity contribution is -0.123. The van der Waals surface area contributed by atoms with Crippen molar-refractivity contribution in [2.75, 3.05) is 7.11 Å². The Morgan fingerprint density at radius 2 is 1.88 bits per heavy atom. The first-order chi connectivity index (χ1) is 11.6. The van der Waals surface area contributed by atoms with Crippen LogP contribution >= 0.6 is 0 Å². The molecule has 122 valence electrons. The molecular weight excluding hydrogens is 304 g/mol. The van der Waals surface area contributed by atoms with Crippen molar-refractivity contribution in [2.24, 2.45) is 0 Å². The minimum atomic E-state index is -0.402. The molecule has 0 radical (unpaired) electrons. The molecule has 0 atom stereocenters. The maximum absolute atomic E-state index is 12.5. The van der Waals surface area contributed by atoms with E-state index in [4.69, 9.17) is 4.74 Å². The van der Waals surface area contributed by atoms with Gasteiger partial charge in [-0.15, -0.1) is 0 Å². The van der Waals surface area contributed by atoms with Gasteiger partial charge >= 0.3 is 6.03 Å². The van der Waals surface area contributed by atoms with Crippen LogP contribution in [0.25, 0.3) is 6.08 Å². The maximum Gasteiger partial charge on any atom is 0.329 e. The number of urea groups is 1. The van der Waals surface area contributed by atoms with Gasteiger partial charge < -0.3 is 10.1 Å².